The first-order valence-electron chi connectivity index (χ1n) is 7.53. The molecule has 0 saturated carbocycles. The lowest BCUT2D eigenvalue weighted by Crippen LogP contribution is -2.40. The summed E-state index contributed by atoms with van der Waals surface area (Å²) in [5.41, 5.74) is 0.197. The van der Waals surface area contributed by atoms with Crippen LogP contribution in [0.1, 0.15) is 54.4 Å². The minimum atomic E-state index is -0.0441. The molecule has 4 heteroatoms. The number of hydrogen-bond donors (Lipinski definition) is 1. The first kappa shape index (κ1) is 17.0. The second-order valence-corrected chi connectivity index (χ2v) is 8.21. The van der Waals surface area contributed by atoms with Gasteiger partial charge in [0.2, 0.25) is 11.8 Å². The molecule has 0 aromatic carbocycles. The summed E-state index contributed by atoms with van der Waals surface area (Å²) < 4.78 is 0. The summed E-state index contributed by atoms with van der Waals surface area (Å²) in [5, 5.41) is 2.74. The fourth-order valence-electron chi connectivity index (χ4n) is 2.52. The van der Waals surface area contributed by atoms with Crippen molar-refractivity contribution in [1.29, 1.82) is 0 Å². The maximum Gasteiger partial charge on any atom is 0.241 e. The molecule has 1 saturated heterocycles. The van der Waals surface area contributed by atoms with Gasteiger partial charge in [0.15, 0.2) is 0 Å². The molecule has 1 aliphatic rings. The van der Waals surface area contributed by atoms with E-state index in [0.717, 1.165) is 19.5 Å². The fourth-order valence-corrected chi connectivity index (χ4v) is 2.52. The van der Waals surface area contributed by atoms with Gasteiger partial charge < -0.3 is 10.2 Å². The molecule has 2 amide bonds. The zero-order valence-electron chi connectivity index (χ0n) is 13.9. The van der Waals surface area contributed by atoms with Gasteiger partial charge in [0, 0.05) is 19.5 Å². The number of likely N-dealkylation sites (tertiary alicyclic amines) is 1. The number of carbonyl (C=O) groups excluding carboxylic acids is 2. The van der Waals surface area contributed by atoms with Crippen LogP contribution in [-0.2, 0) is 9.59 Å². The summed E-state index contributed by atoms with van der Waals surface area (Å²) in [6.45, 7) is 14.5. The van der Waals surface area contributed by atoms with E-state index in [1.54, 1.807) is 0 Å². The van der Waals surface area contributed by atoms with Crippen molar-refractivity contribution in [1.82, 2.24) is 10.2 Å². The molecule has 1 aliphatic heterocycles. The maximum absolute atomic E-state index is 12.1. The Morgan fingerprint density at radius 3 is 2.20 bits per heavy atom. The van der Waals surface area contributed by atoms with E-state index in [4.69, 9.17) is 0 Å². The Morgan fingerprint density at radius 1 is 1.15 bits per heavy atom. The molecule has 116 valence electrons. The van der Waals surface area contributed by atoms with Gasteiger partial charge in [-0.25, -0.2) is 0 Å². The van der Waals surface area contributed by atoms with Gasteiger partial charge >= 0.3 is 0 Å². The smallest absolute Gasteiger partial charge is 0.241 e. The van der Waals surface area contributed by atoms with Crippen LogP contribution in [0.3, 0.4) is 0 Å². The van der Waals surface area contributed by atoms with Crippen LogP contribution in [0.5, 0.6) is 0 Å². The Bertz CT molecular complexity index is 364. The summed E-state index contributed by atoms with van der Waals surface area (Å²) in [5.74, 6) is 0.549. The predicted octanol–water partition coefficient (Wildman–Crippen LogP) is 2.43. The summed E-state index contributed by atoms with van der Waals surface area (Å²) in [7, 11) is 0. The maximum atomic E-state index is 12.1. The number of nitrogens with zero attached hydrogens (tertiary/aromatic N) is 1. The third kappa shape index (κ3) is 5.51. The number of rotatable bonds is 3. The predicted molar refractivity (Wildman–Crippen MR) is 81.2 cm³/mol. The van der Waals surface area contributed by atoms with Crippen LogP contribution in [0.25, 0.3) is 0 Å². The van der Waals surface area contributed by atoms with E-state index < -0.39 is 0 Å². The van der Waals surface area contributed by atoms with Crippen molar-refractivity contribution in [3.05, 3.63) is 0 Å². The standard InChI is InChI=1S/C16H30N2O2/c1-15(2,3)9-13(19)17-10-14(20)18-8-7-12(11-18)16(4,5)6/h12H,7-11H2,1-6H3,(H,17,19). The third-order valence-electron chi connectivity index (χ3n) is 3.89. The zero-order chi connectivity index (χ0) is 15.6. The van der Waals surface area contributed by atoms with E-state index in [9.17, 15) is 9.59 Å². The molecule has 1 unspecified atom stereocenters. The Morgan fingerprint density at radius 2 is 1.75 bits per heavy atom. The molecule has 0 bridgehead atoms. The molecular weight excluding hydrogens is 252 g/mol. The Kier molecular flexibility index (Phi) is 5.22. The topological polar surface area (TPSA) is 49.4 Å². The largest absolute Gasteiger partial charge is 0.347 e. The van der Waals surface area contributed by atoms with Crippen molar-refractivity contribution < 1.29 is 9.59 Å². The normalized spacial score (nSPS) is 20.1. The van der Waals surface area contributed by atoms with E-state index >= 15 is 0 Å². The van der Waals surface area contributed by atoms with Crippen LogP contribution in [0, 0.1) is 16.7 Å². The highest BCUT2D eigenvalue weighted by molar-refractivity contribution is 5.85. The van der Waals surface area contributed by atoms with Gasteiger partial charge in [-0.15, -0.1) is 0 Å². The molecular formula is C16H30N2O2. The van der Waals surface area contributed by atoms with E-state index in [2.05, 4.69) is 26.1 Å². The average molecular weight is 282 g/mol. The van der Waals surface area contributed by atoms with Gasteiger partial charge in [0.05, 0.1) is 6.54 Å². The molecule has 1 fully saturated rings. The number of nitrogens with one attached hydrogen (secondary N) is 1. The monoisotopic (exact) mass is 282 g/mol. The van der Waals surface area contributed by atoms with Crippen molar-refractivity contribution in [2.45, 2.75) is 54.4 Å². The molecule has 1 heterocycles. The van der Waals surface area contributed by atoms with Crippen molar-refractivity contribution in [3.63, 3.8) is 0 Å². The molecule has 1 N–H and O–H groups in total. The fraction of sp³-hybridized carbons (Fsp3) is 0.875. The van der Waals surface area contributed by atoms with Gasteiger partial charge in [-0.2, -0.15) is 0 Å². The van der Waals surface area contributed by atoms with Crippen molar-refractivity contribution in [3.8, 4) is 0 Å². The molecule has 4 nitrogen and oxygen atoms in total. The summed E-state index contributed by atoms with van der Waals surface area (Å²) in [6, 6.07) is 0. The Balaban J connectivity index is 2.36. The highest BCUT2D eigenvalue weighted by Gasteiger charge is 2.33. The van der Waals surface area contributed by atoms with Crippen LogP contribution in [0.4, 0.5) is 0 Å². The second-order valence-electron chi connectivity index (χ2n) is 8.21. The van der Waals surface area contributed by atoms with Gasteiger partial charge in [-0.1, -0.05) is 41.5 Å². The van der Waals surface area contributed by atoms with Crippen LogP contribution in [-0.4, -0.2) is 36.3 Å². The highest BCUT2D eigenvalue weighted by Crippen LogP contribution is 2.33. The summed E-state index contributed by atoms with van der Waals surface area (Å²) in [4.78, 5) is 25.7. The molecule has 1 atom stereocenters. The van der Waals surface area contributed by atoms with E-state index in [0.29, 0.717) is 12.3 Å². The molecule has 20 heavy (non-hydrogen) atoms. The van der Waals surface area contributed by atoms with Crippen LogP contribution >= 0.6 is 0 Å². The molecule has 0 spiro atoms. The number of carbonyl (C=O) groups is 2. The quantitative estimate of drug-likeness (QED) is 0.864. The number of amides is 2. The Hall–Kier alpha value is -1.06. The van der Waals surface area contributed by atoms with Gasteiger partial charge in [0.1, 0.15) is 0 Å². The van der Waals surface area contributed by atoms with Crippen molar-refractivity contribution >= 4 is 11.8 Å². The average Bonchev–Trinajstić information content (AvgIpc) is 2.72. The highest BCUT2D eigenvalue weighted by atomic mass is 16.2. The summed E-state index contributed by atoms with van der Waals surface area (Å²) >= 11 is 0. The lowest BCUT2D eigenvalue weighted by molar-refractivity contribution is -0.132. The zero-order valence-corrected chi connectivity index (χ0v) is 13.9. The van der Waals surface area contributed by atoms with E-state index in [1.165, 1.54) is 0 Å². The third-order valence-corrected chi connectivity index (χ3v) is 3.89. The second kappa shape index (κ2) is 6.15. The molecule has 0 aliphatic carbocycles. The van der Waals surface area contributed by atoms with Crippen molar-refractivity contribution in [2.24, 2.45) is 16.7 Å². The lowest BCUT2D eigenvalue weighted by atomic mass is 9.80. The molecule has 1 rings (SSSR count). The van der Waals surface area contributed by atoms with Crippen LogP contribution in [0.2, 0.25) is 0 Å². The van der Waals surface area contributed by atoms with Gasteiger partial charge in [-0.05, 0) is 23.2 Å². The minimum absolute atomic E-state index is 0.0407. The van der Waals surface area contributed by atoms with Crippen LogP contribution < -0.4 is 5.32 Å². The number of hydrogen-bond acceptors (Lipinski definition) is 2. The minimum Gasteiger partial charge on any atom is -0.347 e. The van der Waals surface area contributed by atoms with Crippen molar-refractivity contribution in [2.75, 3.05) is 19.6 Å². The van der Waals surface area contributed by atoms with Gasteiger partial charge in [-0.3, -0.25) is 9.59 Å². The molecule has 0 aromatic heterocycles. The lowest BCUT2D eigenvalue weighted by Gasteiger charge is -2.27. The SMILES string of the molecule is CC(C)(C)CC(=O)NCC(=O)N1CCC(C(C)(C)C)C1. The van der Waals surface area contributed by atoms with Crippen LogP contribution in [0.15, 0.2) is 0 Å². The molecule has 0 aromatic rings. The first-order chi connectivity index (χ1) is 8.99. The van der Waals surface area contributed by atoms with E-state index in [1.807, 2.05) is 25.7 Å². The Labute approximate surface area is 123 Å². The first-order valence-corrected chi connectivity index (χ1v) is 7.53. The van der Waals surface area contributed by atoms with E-state index in [-0.39, 0.29) is 29.2 Å². The summed E-state index contributed by atoms with van der Waals surface area (Å²) in [6.07, 6.45) is 1.51. The molecule has 0 radical (unpaired) electrons. The van der Waals surface area contributed by atoms with Gasteiger partial charge in [0.25, 0.3) is 0 Å².